The maximum absolute atomic E-state index is 12.4. The van der Waals surface area contributed by atoms with Gasteiger partial charge in [0.25, 0.3) is 0 Å². The van der Waals surface area contributed by atoms with Gasteiger partial charge in [0.05, 0.1) is 11.0 Å². The zero-order chi connectivity index (χ0) is 15.6. The molecule has 0 aliphatic heterocycles. The quantitative estimate of drug-likeness (QED) is 0.736. The van der Waals surface area contributed by atoms with E-state index in [2.05, 4.69) is 4.72 Å². The van der Waals surface area contributed by atoms with Gasteiger partial charge in [0.2, 0.25) is 10.0 Å². The second kappa shape index (κ2) is 6.52. The first-order valence-corrected chi connectivity index (χ1v) is 8.89. The number of aliphatic hydroxyl groups excluding tert-OH is 1. The summed E-state index contributed by atoms with van der Waals surface area (Å²) in [5.74, 6) is 0.167. The molecular formula is C14H21ClN2O3S. The molecule has 1 aliphatic carbocycles. The van der Waals surface area contributed by atoms with Crippen LogP contribution in [-0.2, 0) is 10.0 Å². The molecule has 4 N–H and O–H groups in total. The van der Waals surface area contributed by atoms with Gasteiger partial charge in [-0.25, -0.2) is 13.1 Å². The Morgan fingerprint density at radius 2 is 2.14 bits per heavy atom. The second-order valence-corrected chi connectivity index (χ2v) is 7.83. The molecule has 2 rings (SSSR count). The molecule has 118 valence electrons. The van der Waals surface area contributed by atoms with Gasteiger partial charge in [-0.3, -0.25) is 0 Å². The van der Waals surface area contributed by atoms with Crippen molar-refractivity contribution in [2.45, 2.75) is 43.6 Å². The lowest BCUT2D eigenvalue weighted by molar-refractivity contribution is 0.102. The van der Waals surface area contributed by atoms with Gasteiger partial charge in [-0.1, -0.05) is 18.0 Å². The fraction of sp³-hybridized carbons (Fsp3) is 0.571. The molecule has 0 bridgehead atoms. The highest BCUT2D eigenvalue weighted by molar-refractivity contribution is 7.89. The van der Waals surface area contributed by atoms with E-state index in [9.17, 15) is 13.5 Å². The molecule has 0 aromatic heterocycles. The normalized spacial score (nSPS) is 23.2. The average molecular weight is 333 g/mol. The molecule has 21 heavy (non-hydrogen) atoms. The third-order valence-electron chi connectivity index (χ3n) is 3.97. The second-order valence-electron chi connectivity index (χ2n) is 5.66. The molecule has 0 radical (unpaired) electrons. The van der Waals surface area contributed by atoms with Gasteiger partial charge in [0, 0.05) is 17.3 Å². The van der Waals surface area contributed by atoms with Crippen molar-refractivity contribution < 1.29 is 13.5 Å². The van der Waals surface area contributed by atoms with Crippen LogP contribution in [0.5, 0.6) is 0 Å². The van der Waals surface area contributed by atoms with Gasteiger partial charge < -0.3 is 10.8 Å². The zero-order valence-electron chi connectivity index (χ0n) is 12.0. The lowest BCUT2D eigenvalue weighted by Gasteiger charge is -2.26. The standard InChI is InChI=1S/C14H21ClN2O3S/c1-9-13(16)6-11(15)7-14(9)21(19,20)17-8-10-3-2-4-12(18)5-10/h6-7,10,12,17-18H,2-5,8,16H2,1H3. The van der Waals surface area contributed by atoms with Crippen LogP contribution in [0.3, 0.4) is 0 Å². The number of rotatable bonds is 4. The highest BCUT2D eigenvalue weighted by Gasteiger charge is 2.24. The van der Waals surface area contributed by atoms with E-state index in [4.69, 9.17) is 17.3 Å². The van der Waals surface area contributed by atoms with Crippen LogP contribution in [-0.4, -0.2) is 26.2 Å². The zero-order valence-corrected chi connectivity index (χ0v) is 13.5. The number of aliphatic hydroxyl groups is 1. The Kier molecular flexibility index (Phi) is 5.14. The van der Waals surface area contributed by atoms with Crippen LogP contribution in [0.4, 0.5) is 5.69 Å². The predicted molar refractivity (Wildman–Crippen MR) is 83.8 cm³/mol. The number of anilines is 1. The summed E-state index contributed by atoms with van der Waals surface area (Å²) in [6, 6.07) is 2.94. The molecular weight excluding hydrogens is 312 g/mol. The van der Waals surface area contributed by atoms with Gasteiger partial charge in [-0.05, 0) is 49.8 Å². The predicted octanol–water partition coefficient (Wildman–Crippen LogP) is 2.06. The Labute approximate surface area is 130 Å². The third-order valence-corrected chi connectivity index (χ3v) is 5.74. The Morgan fingerprint density at radius 3 is 2.81 bits per heavy atom. The van der Waals surface area contributed by atoms with E-state index in [1.165, 1.54) is 12.1 Å². The Morgan fingerprint density at radius 1 is 1.43 bits per heavy atom. The van der Waals surface area contributed by atoms with Crippen molar-refractivity contribution in [2.24, 2.45) is 5.92 Å². The summed E-state index contributed by atoms with van der Waals surface area (Å²) < 4.78 is 27.4. The minimum Gasteiger partial charge on any atom is -0.398 e. The van der Waals surface area contributed by atoms with Crippen LogP contribution in [0, 0.1) is 12.8 Å². The van der Waals surface area contributed by atoms with Crippen LogP contribution < -0.4 is 10.5 Å². The number of benzene rings is 1. The van der Waals surface area contributed by atoms with E-state index in [1.54, 1.807) is 6.92 Å². The first-order chi connectivity index (χ1) is 9.79. The van der Waals surface area contributed by atoms with Crippen molar-refractivity contribution in [3.8, 4) is 0 Å². The average Bonchev–Trinajstić information content (AvgIpc) is 2.41. The molecule has 0 amide bonds. The van der Waals surface area contributed by atoms with Crippen molar-refractivity contribution in [2.75, 3.05) is 12.3 Å². The summed E-state index contributed by atoms with van der Waals surface area (Å²) in [6.45, 7) is 1.98. The van der Waals surface area contributed by atoms with Crippen molar-refractivity contribution in [3.05, 3.63) is 22.7 Å². The number of nitrogens with two attached hydrogens (primary N) is 1. The molecule has 1 saturated carbocycles. The van der Waals surface area contributed by atoms with Gasteiger partial charge >= 0.3 is 0 Å². The molecule has 1 aromatic carbocycles. The van der Waals surface area contributed by atoms with Crippen molar-refractivity contribution in [3.63, 3.8) is 0 Å². The number of halogens is 1. The van der Waals surface area contributed by atoms with Gasteiger partial charge in [0.1, 0.15) is 0 Å². The number of hydrogen-bond donors (Lipinski definition) is 3. The molecule has 2 atom stereocenters. The summed E-state index contributed by atoms with van der Waals surface area (Å²) in [4.78, 5) is 0.115. The largest absolute Gasteiger partial charge is 0.398 e. The van der Waals surface area contributed by atoms with Crippen LogP contribution in [0.2, 0.25) is 5.02 Å². The molecule has 0 heterocycles. The molecule has 7 heteroatoms. The lowest BCUT2D eigenvalue weighted by atomic mass is 9.87. The maximum Gasteiger partial charge on any atom is 0.240 e. The number of hydrogen-bond acceptors (Lipinski definition) is 4. The number of nitrogen functional groups attached to an aromatic ring is 1. The summed E-state index contributed by atoms with van der Waals surface area (Å²) in [5, 5.41) is 9.93. The Bertz CT molecular complexity index is 619. The smallest absolute Gasteiger partial charge is 0.240 e. The summed E-state index contributed by atoms with van der Waals surface area (Å²) in [5.41, 5.74) is 6.62. The molecule has 2 unspecified atom stereocenters. The molecule has 1 fully saturated rings. The summed E-state index contributed by atoms with van der Waals surface area (Å²) >= 11 is 5.89. The van der Waals surface area contributed by atoms with Crippen LogP contribution in [0.1, 0.15) is 31.2 Å². The van der Waals surface area contributed by atoms with Gasteiger partial charge in [0.15, 0.2) is 0 Å². The minimum absolute atomic E-state index is 0.115. The van der Waals surface area contributed by atoms with Gasteiger partial charge in [-0.15, -0.1) is 0 Å². The minimum atomic E-state index is -3.65. The van der Waals surface area contributed by atoms with Crippen LogP contribution >= 0.6 is 11.6 Å². The Balaban J connectivity index is 2.12. The molecule has 1 aliphatic rings. The van der Waals surface area contributed by atoms with E-state index < -0.39 is 10.0 Å². The van der Waals surface area contributed by atoms with Crippen LogP contribution in [0.15, 0.2) is 17.0 Å². The maximum atomic E-state index is 12.4. The van der Waals surface area contributed by atoms with E-state index in [0.29, 0.717) is 29.2 Å². The highest BCUT2D eigenvalue weighted by Crippen LogP contribution is 2.27. The van der Waals surface area contributed by atoms with E-state index in [-0.39, 0.29) is 16.9 Å². The first kappa shape index (κ1) is 16.5. The van der Waals surface area contributed by atoms with Crippen molar-refractivity contribution in [1.29, 1.82) is 0 Å². The number of sulfonamides is 1. The lowest BCUT2D eigenvalue weighted by Crippen LogP contribution is -2.33. The monoisotopic (exact) mass is 332 g/mol. The van der Waals surface area contributed by atoms with Crippen LogP contribution in [0.25, 0.3) is 0 Å². The summed E-state index contributed by atoms with van der Waals surface area (Å²) in [7, 11) is -3.65. The third kappa shape index (κ3) is 4.10. The molecule has 0 spiro atoms. The van der Waals surface area contributed by atoms with Gasteiger partial charge in [-0.2, -0.15) is 0 Å². The number of nitrogens with one attached hydrogen (secondary N) is 1. The highest BCUT2D eigenvalue weighted by atomic mass is 35.5. The van der Waals surface area contributed by atoms with E-state index in [0.717, 1.165) is 19.3 Å². The fourth-order valence-corrected chi connectivity index (χ4v) is 4.41. The van der Waals surface area contributed by atoms with Crippen molar-refractivity contribution in [1.82, 2.24) is 4.72 Å². The summed E-state index contributed by atoms with van der Waals surface area (Å²) in [6.07, 6.45) is 2.97. The SMILES string of the molecule is Cc1c(N)cc(Cl)cc1S(=O)(=O)NCC1CCCC(O)C1. The first-order valence-electron chi connectivity index (χ1n) is 7.03. The van der Waals surface area contributed by atoms with Crippen molar-refractivity contribution >= 4 is 27.3 Å². The molecule has 5 nitrogen and oxygen atoms in total. The Hall–Kier alpha value is -0.820. The fourth-order valence-electron chi connectivity index (χ4n) is 2.71. The van der Waals surface area contributed by atoms with E-state index >= 15 is 0 Å². The molecule has 1 aromatic rings. The van der Waals surface area contributed by atoms with E-state index in [1.807, 2.05) is 0 Å². The molecule has 0 saturated heterocycles. The topological polar surface area (TPSA) is 92.4 Å².